The van der Waals surface area contributed by atoms with Gasteiger partial charge in [-0.15, -0.1) is 11.3 Å². The van der Waals surface area contributed by atoms with Gasteiger partial charge in [-0.25, -0.2) is 19.6 Å². The molecule has 0 amide bonds. The average Bonchev–Trinajstić information content (AvgIpc) is 3.37. The van der Waals surface area contributed by atoms with Crippen LogP contribution in [0.2, 0.25) is 0 Å². The molecule has 27 heavy (non-hydrogen) atoms. The summed E-state index contributed by atoms with van der Waals surface area (Å²) in [5, 5.41) is 9.26. The van der Waals surface area contributed by atoms with Crippen molar-refractivity contribution in [1.29, 1.82) is 0 Å². The van der Waals surface area contributed by atoms with E-state index < -0.39 is 0 Å². The van der Waals surface area contributed by atoms with Gasteiger partial charge in [0.25, 0.3) is 0 Å². The van der Waals surface area contributed by atoms with E-state index >= 15 is 0 Å². The lowest BCUT2D eigenvalue weighted by Gasteiger charge is -2.25. The smallest absolute Gasteiger partial charge is 0.146 e. The summed E-state index contributed by atoms with van der Waals surface area (Å²) in [6.07, 6.45) is 6.23. The molecule has 2 aliphatic rings. The van der Waals surface area contributed by atoms with Crippen LogP contribution in [0.25, 0.3) is 10.2 Å². The highest BCUT2D eigenvalue weighted by atomic mass is 32.1. The molecule has 0 aliphatic carbocycles. The highest BCUT2D eigenvalue weighted by molar-refractivity contribution is 7.18. The number of anilines is 1. The van der Waals surface area contributed by atoms with Crippen LogP contribution in [-0.4, -0.2) is 48.8 Å². The molecule has 1 fully saturated rings. The Hall–Kier alpha value is -2.06. The summed E-state index contributed by atoms with van der Waals surface area (Å²) in [5.74, 6) is 3.01. The van der Waals surface area contributed by atoms with E-state index in [1.807, 2.05) is 4.68 Å². The minimum absolute atomic E-state index is 0.316. The van der Waals surface area contributed by atoms with Gasteiger partial charge >= 0.3 is 0 Å². The Labute approximate surface area is 162 Å². The van der Waals surface area contributed by atoms with Crippen molar-refractivity contribution >= 4 is 27.4 Å². The fraction of sp³-hybridized carbons (Fsp3) is 0.579. The number of rotatable bonds is 4. The summed E-state index contributed by atoms with van der Waals surface area (Å²) in [4.78, 5) is 19.1. The molecule has 0 spiro atoms. The van der Waals surface area contributed by atoms with Crippen LogP contribution >= 0.6 is 11.3 Å². The van der Waals surface area contributed by atoms with Gasteiger partial charge in [-0.2, -0.15) is 5.10 Å². The molecule has 1 atom stereocenters. The zero-order chi connectivity index (χ0) is 18.4. The molecule has 1 unspecified atom stereocenters. The lowest BCUT2D eigenvalue weighted by Crippen LogP contribution is -2.32. The maximum absolute atomic E-state index is 4.97. The lowest BCUT2D eigenvalue weighted by molar-refractivity contribution is 0.323. The SMILES string of the molecule is Cc1sc2nc(CN3CCCC3)nc(NC3CCc4ncnn4C3)c2c1C. The van der Waals surface area contributed by atoms with Crippen molar-refractivity contribution in [2.75, 3.05) is 18.4 Å². The molecule has 1 saturated heterocycles. The Bertz CT molecular complexity index is 970. The second-order valence-corrected chi connectivity index (χ2v) is 8.88. The number of nitrogens with zero attached hydrogens (tertiary/aromatic N) is 6. The molecule has 0 radical (unpaired) electrons. The van der Waals surface area contributed by atoms with Gasteiger partial charge in [0.05, 0.1) is 18.5 Å². The van der Waals surface area contributed by atoms with Crippen molar-refractivity contribution in [2.45, 2.75) is 58.7 Å². The first-order chi connectivity index (χ1) is 13.2. The Morgan fingerprint density at radius 1 is 1.22 bits per heavy atom. The fourth-order valence-corrected chi connectivity index (χ4v) is 5.21. The molecule has 8 heteroatoms. The van der Waals surface area contributed by atoms with E-state index in [1.165, 1.54) is 28.7 Å². The predicted molar refractivity (Wildman–Crippen MR) is 107 cm³/mol. The van der Waals surface area contributed by atoms with Gasteiger partial charge in [-0.1, -0.05) is 0 Å². The van der Waals surface area contributed by atoms with Crippen molar-refractivity contribution in [1.82, 2.24) is 29.6 Å². The van der Waals surface area contributed by atoms with Gasteiger partial charge in [-0.3, -0.25) is 4.90 Å². The Kier molecular flexibility index (Phi) is 4.32. The normalized spacial score (nSPS) is 20.3. The molecule has 2 aliphatic heterocycles. The number of nitrogens with one attached hydrogen (secondary N) is 1. The molecular formula is C19H25N7S. The topological polar surface area (TPSA) is 71.8 Å². The number of hydrogen-bond donors (Lipinski definition) is 1. The molecule has 3 aromatic heterocycles. The van der Waals surface area contributed by atoms with Gasteiger partial charge in [0.15, 0.2) is 0 Å². The summed E-state index contributed by atoms with van der Waals surface area (Å²) in [5.41, 5.74) is 1.29. The standard InChI is InChI=1S/C19H25N7S/c1-12-13(2)27-19-17(12)18(23-15(24-19)10-25-7-3-4-8-25)22-14-5-6-16-20-11-21-26(16)9-14/h11,14H,3-10H2,1-2H3,(H,22,23,24). The minimum atomic E-state index is 0.316. The van der Waals surface area contributed by atoms with E-state index in [4.69, 9.17) is 9.97 Å². The van der Waals surface area contributed by atoms with E-state index in [9.17, 15) is 0 Å². The van der Waals surface area contributed by atoms with Crippen molar-refractivity contribution < 1.29 is 0 Å². The Morgan fingerprint density at radius 3 is 2.93 bits per heavy atom. The van der Waals surface area contributed by atoms with E-state index in [0.29, 0.717) is 6.04 Å². The van der Waals surface area contributed by atoms with E-state index in [0.717, 1.165) is 61.3 Å². The van der Waals surface area contributed by atoms with Crippen LogP contribution in [0.5, 0.6) is 0 Å². The van der Waals surface area contributed by atoms with Gasteiger partial charge < -0.3 is 5.32 Å². The summed E-state index contributed by atoms with van der Waals surface area (Å²) in [7, 11) is 0. The summed E-state index contributed by atoms with van der Waals surface area (Å²) in [6, 6.07) is 0.316. The lowest BCUT2D eigenvalue weighted by atomic mass is 10.1. The summed E-state index contributed by atoms with van der Waals surface area (Å²) in [6.45, 7) is 8.35. The van der Waals surface area contributed by atoms with Crippen molar-refractivity contribution in [3.63, 3.8) is 0 Å². The van der Waals surface area contributed by atoms with Crippen molar-refractivity contribution in [3.05, 3.63) is 28.4 Å². The van der Waals surface area contributed by atoms with Crippen molar-refractivity contribution in [2.24, 2.45) is 0 Å². The molecule has 7 nitrogen and oxygen atoms in total. The molecule has 1 N–H and O–H groups in total. The molecule has 0 aromatic carbocycles. The Balaban J connectivity index is 1.47. The maximum atomic E-state index is 4.97. The second-order valence-electron chi connectivity index (χ2n) is 7.67. The number of aryl methyl sites for hydroxylation is 3. The van der Waals surface area contributed by atoms with Crippen LogP contribution in [0.3, 0.4) is 0 Å². The van der Waals surface area contributed by atoms with Crippen LogP contribution in [0, 0.1) is 13.8 Å². The number of thiophene rings is 1. The first kappa shape index (κ1) is 17.1. The third-order valence-electron chi connectivity index (χ3n) is 5.79. The number of aromatic nitrogens is 5. The monoisotopic (exact) mass is 383 g/mol. The van der Waals surface area contributed by atoms with E-state index in [2.05, 4.69) is 34.1 Å². The van der Waals surface area contributed by atoms with Crippen LogP contribution < -0.4 is 5.32 Å². The minimum Gasteiger partial charge on any atom is -0.365 e. The first-order valence-electron chi connectivity index (χ1n) is 9.79. The highest BCUT2D eigenvalue weighted by Crippen LogP contribution is 2.34. The second kappa shape index (κ2) is 6.83. The fourth-order valence-electron chi connectivity index (χ4n) is 4.16. The summed E-state index contributed by atoms with van der Waals surface area (Å²) < 4.78 is 2.01. The first-order valence-corrected chi connectivity index (χ1v) is 10.6. The van der Waals surface area contributed by atoms with Gasteiger partial charge in [0.1, 0.15) is 28.6 Å². The van der Waals surface area contributed by atoms with E-state index in [1.54, 1.807) is 17.7 Å². The van der Waals surface area contributed by atoms with Gasteiger partial charge in [0.2, 0.25) is 0 Å². The zero-order valence-electron chi connectivity index (χ0n) is 15.9. The molecule has 0 saturated carbocycles. The third-order valence-corrected chi connectivity index (χ3v) is 6.89. The molecule has 5 heterocycles. The molecular weight excluding hydrogens is 358 g/mol. The zero-order valence-corrected chi connectivity index (χ0v) is 16.7. The van der Waals surface area contributed by atoms with Crippen LogP contribution in [0.1, 0.15) is 41.4 Å². The maximum Gasteiger partial charge on any atom is 0.146 e. The average molecular weight is 384 g/mol. The number of hydrogen-bond acceptors (Lipinski definition) is 7. The largest absolute Gasteiger partial charge is 0.365 e. The quantitative estimate of drug-likeness (QED) is 0.747. The predicted octanol–water partition coefficient (Wildman–Crippen LogP) is 2.92. The molecule has 3 aromatic rings. The molecule has 142 valence electrons. The number of fused-ring (bicyclic) bond motifs is 2. The van der Waals surface area contributed by atoms with E-state index in [-0.39, 0.29) is 0 Å². The summed E-state index contributed by atoms with van der Waals surface area (Å²) >= 11 is 1.78. The molecule has 5 rings (SSSR count). The number of likely N-dealkylation sites (tertiary alicyclic amines) is 1. The van der Waals surface area contributed by atoms with Crippen molar-refractivity contribution in [3.8, 4) is 0 Å². The third kappa shape index (κ3) is 3.21. The van der Waals surface area contributed by atoms with Crippen LogP contribution in [0.15, 0.2) is 6.33 Å². The van der Waals surface area contributed by atoms with Crippen LogP contribution in [0.4, 0.5) is 5.82 Å². The Morgan fingerprint density at radius 2 is 2.07 bits per heavy atom. The van der Waals surface area contributed by atoms with Gasteiger partial charge in [0, 0.05) is 17.3 Å². The van der Waals surface area contributed by atoms with Gasteiger partial charge in [-0.05, 0) is 51.8 Å². The van der Waals surface area contributed by atoms with Crippen LogP contribution in [-0.2, 0) is 19.5 Å². The highest BCUT2D eigenvalue weighted by Gasteiger charge is 2.23. The molecule has 0 bridgehead atoms.